The number of nitrogens with zero attached hydrogens (tertiary/aromatic N) is 4. The lowest BCUT2D eigenvalue weighted by molar-refractivity contribution is -0.384. The Kier molecular flexibility index (Phi) is 4.97. The molecule has 2 atom stereocenters. The fourth-order valence-corrected chi connectivity index (χ4v) is 3.91. The van der Waals surface area contributed by atoms with Crippen molar-refractivity contribution < 1.29 is 19.6 Å². The lowest BCUT2D eigenvalue weighted by Crippen LogP contribution is -2.58. The normalized spacial score (nSPS) is 23.9. The highest BCUT2D eigenvalue weighted by Crippen LogP contribution is 2.36. The number of likely N-dealkylation sites (tertiary alicyclic amines) is 1. The Morgan fingerprint density at radius 1 is 1.19 bits per heavy atom. The van der Waals surface area contributed by atoms with E-state index in [0.29, 0.717) is 38.0 Å². The number of nitro groups is 1. The van der Waals surface area contributed by atoms with Gasteiger partial charge in [-0.05, 0) is 24.8 Å². The minimum Gasteiger partial charge on any atom is -0.465 e. The summed E-state index contributed by atoms with van der Waals surface area (Å²) >= 11 is 0. The molecule has 0 aromatic heterocycles. The molecular formula is C17H22N4O5. The number of carbonyl (C=O) groups excluding carboxylic acids is 1. The van der Waals surface area contributed by atoms with Crippen molar-refractivity contribution in [2.45, 2.75) is 31.3 Å². The highest BCUT2D eigenvalue weighted by molar-refractivity contribution is 5.75. The molecule has 1 N–H and O–H groups in total. The van der Waals surface area contributed by atoms with Gasteiger partial charge in [-0.25, -0.2) is 9.59 Å². The van der Waals surface area contributed by atoms with Crippen LogP contribution in [-0.4, -0.2) is 69.6 Å². The molecule has 1 unspecified atom stereocenters. The van der Waals surface area contributed by atoms with Crippen LogP contribution >= 0.6 is 0 Å². The minimum atomic E-state index is -1.05. The number of nitro benzene ring substituents is 1. The van der Waals surface area contributed by atoms with Gasteiger partial charge < -0.3 is 14.9 Å². The number of non-ortho nitro benzene ring substituents is 1. The van der Waals surface area contributed by atoms with Gasteiger partial charge >= 0.3 is 12.1 Å². The Hall–Kier alpha value is -2.84. The molecule has 140 valence electrons. The van der Waals surface area contributed by atoms with E-state index in [9.17, 15) is 24.8 Å². The van der Waals surface area contributed by atoms with Crippen LogP contribution in [0, 0.1) is 10.1 Å². The van der Waals surface area contributed by atoms with E-state index in [1.54, 1.807) is 29.0 Å². The summed E-state index contributed by atoms with van der Waals surface area (Å²) < 4.78 is 0. The number of hydrogen-bond acceptors (Lipinski definition) is 4. The number of amides is 3. The molecule has 0 saturated carbocycles. The molecular weight excluding hydrogens is 340 g/mol. The average Bonchev–Trinajstić information content (AvgIpc) is 2.63. The number of benzene rings is 1. The molecule has 0 spiro atoms. The Morgan fingerprint density at radius 2 is 1.88 bits per heavy atom. The van der Waals surface area contributed by atoms with Crippen LogP contribution in [0.15, 0.2) is 24.3 Å². The third-order valence-corrected chi connectivity index (χ3v) is 5.16. The van der Waals surface area contributed by atoms with Crippen LogP contribution in [0.4, 0.5) is 15.3 Å². The summed E-state index contributed by atoms with van der Waals surface area (Å²) in [7, 11) is 1.74. The van der Waals surface area contributed by atoms with Crippen molar-refractivity contribution in [3.8, 4) is 0 Å². The predicted molar refractivity (Wildman–Crippen MR) is 92.9 cm³/mol. The molecule has 0 radical (unpaired) electrons. The maximum Gasteiger partial charge on any atom is 0.407 e. The van der Waals surface area contributed by atoms with Crippen molar-refractivity contribution in [1.82, 2.24) is 14.7 Å². The molecule has 3 amide bonds. The van der Waals surface area contributed by atoms with Crippen LogP contribution in [0.3, 0.4) is 0 Å². The van der Waals surface area contributed by atoms with E-state index in [-0.39, 0.29) is 17.8 Å². The first-order valence-corrected chi connectivity index (χ1v) is 8.66. The molecule has 3 rings (SSSR count). The van der Waals surface area contributed by atoms with E-state index in [4.69, 9.17) is 0 Å². The van der Waals surface area contributed by atoms with Crippen molar-refractivity contribution in [2.75, 3.05) is 26.7 Å². The Labute approximate surface area is 150 Å². The Morgan fingerprint density at radius 3 is 2.50 bits per heavy atom. The first-order valence-electron chi connectivity index (χ1n) is 8.66. The van der Waals surface area contributed by atoms with Gasteiger partial charge in [-0.2, -0.15) is 0 Å². The molecule has 2 heterocycles. The van der Waals surface area contributed by atoms with Crippen LogP contribution in [0.5, 0.6) is 0 Å². The SMILES string of the molecule is CN1CCCN(C2CCCN(C(=O)O)[C@@H]2c2ccc([N+](=O)[O-])cc2)C1=O. The van der Waals surface area contributed by atoms with Gasteiger partial charge in [-0.3, -0.25) is 15.0 Å². The summed E-state index contributed by atoms with van der Waals surface area (Å²) in [4.78, 5) is 39.6. The van der Waals surface area contributed by atoms with Crippen molar-refractivity contribution in [3.05, 3.63) is 39.9 Å². The zero-order valence-electron chi connectivity index (χ0n) is 14.6. The lowest BCUT2D eigenvalue weighted by Gasteiger charge is -2.47. The van der Waals surface area contributed by atoms with Gasteiger partial charge in [0.05, 0.1) is 17.0 Å². The van der Waals surface area contributed by atoms with Crippen LogP contribution in [0.1, 0.15) is 30.9 Å². The monoisotopic (exact) mass is 362 g/mol. The molecule has 2 aliphatic heterocycles. The first-order chi connectivity index (χ1) is 12.4. The summed E-state index contributed by atoms with van der Waals surface area (Å²) in [6, 6.07) is 5.04. The van der Waals surface area contributed by atoms with E-state index >= 15 is 0 Å². The number of carbonyl (C=O) groups is 2. The fourth-order valence-electron chi connectivity index (χ4n) is 3.91. The molecule has 2 fully saturated rings. The quantitative estimate of drug-likeness (QED) is 0.657. The zero-order chi connectivity index (χ0) is 18.8. The second kappa shape index (κ2) is 7.19. The van der Waals surface area contributed by atoms with Crippen LogP contribution in [-0.2, 0) is 0 Å². The molecule has 0 bridgehead atoms. The van der Waals surface area contributed by atoms with Crippen LogP contribution < -0.4 is 0 Å². The largest absolute Gasteiger partial charge is 0.465 e. The van der Waals surface area contributed by atoms with Crippen molar-refractivity contribution in [2.24, 2.45) is 0 Å². The second-order valence-electron chi connectivity index (χ2n) is 6.73. The van der Waals surface area contributed by atoms with Gasteiger partial charge in [0.15, 0.2) is 0 Å². The fraction of sp³-hybridized carbons (Fsp3) is 0.529. The molecule has 0 aliphatic carbocycles. The smallest absolute Gasteiger partial charge is 0.407 e. The molecule has 1 aromatic rings. The van der Waals surface area contributed by atoms with Gasteiger partial charge in [0.25, 0.3) is 5.69 Å². The molecule has 2 aliphatic rings. The van der Waals surface area contributed by atoms with Crippen LogP contribution in [0.25, 0.3) is 0 Å². The number of rotatable bonds is 3. The number of hydrogen-bond donors (Lipinski definition) is 1. The first kappa shape index (κ1) is 18.0. The van der Waals surface area contributed by atoms with Gasteiger partial charge in [0.1, 0.15) is 0 Å². The molecule has 2 saturated heterocycles. The maximum absolute atomic E-state index is 12.6. The van der Waals surface area contributed by atoms with E-state index in [0.717, 1.165) is 6.42 Å². The molecule has 9 heteroatoms. The summed E-state index contributed by atoms with van der Waals surface area (Å²) in [5, 5.41) is 20.5. The average molecular weight is 362 g/mol. The van der Waals surface area contributed by atoms with E-state index in [1.807, 2.05) is 0 Å². The number of carboxylic acid groups (broad SMARTS) is 1. The predicted octanol–water partition coefficient (Wildman–Crippen LogP) is 2.54. The lowest BCUT2D eigenvalue weighted by atomic mass is 9.89. The third-order valence-electron chi connectivity index (χ3n) is 5.16. The van der Waals surface area contributed by atoms with Gasteiger partial charge in [-0.1, -0.05) is 12.1 Å². The highest BCUT2D eigenvalue weighted by atomic mass is 16.6. The molecule has 26 heavy (non-hydrogen) atoms. The zero-order valence-corrected chi connectivity index (χ0v) is 14.6. The molecule has 1 aromatic carbocycles. The van der Waals surface area contributed by atoms with Gasteiger partial charge in [-0.15, -0.1) is 0 Å². The minimum absolute atomic E-state index is 0.0447. The topological polar surface area (TPSA) is 107 Å². The summed E-state index contributed by atoms with van der Waals surface area (Å²) in [6.45, 7) is 1.66. The summed E-state index contributed by atoms with van der Waals surface area (Å²) in [5.74, 6) is 0. The van der Waals surface area contributed by atoms with Crippen molar-refractivity contribution >= 4 is 17.8 Å². The van der Waals surface area contributed by atoms with Gasteiger partial charge in [0, 0.05) is 38.8 Å². The Balaban J connectivity index is 1.97. The highest BCUT2D eigenvalue weighted by Gasteiger charge is 2.41. The number of piperidine rings is 1. The standard InChI is InChI=1S/C17H22N4O5/c1-18-9-3-11-19(16(18)22)14-4-2-10-20(17(23)24)15(14)12-5-7-13(8-6-12)21(25)26/h5-8,14-15H,2-4,9-11H2,1H3,(H,23,24)/t14?,15-/m1/s1. The molecule has 9 nitrogen and oxygen atoms in total. The second-order valence-corrected chi connectivity index (χ2v) is 6.73. The van der Waals surface area contributed by atoms with Crippen molar-refractivity contribution in [1.29, 1.82) is 0 Å². The summed E-state index contributed by atoms with van der Waals surface area (Å²) in [6.07, 6.45) is 1.16. The van der Waals surface area contributed by atoms with E-state index in [1.165, 1.54) is 17.0 Å². The summed E-state index contributed by atoms with van der Waals surface area (Å²) in [5.41, 5.74) is 0.625. The number of urea groups is 1. The van der Waals surface area contributed by atoms with Crippen molar-refractivity contribution in [3.63, 3.8) is 0 Å². The Bertz CT molecular complexity index is 708. The third kappa shape index (κ3) is 3.29. The van der Waals surface area contributed by atoms with Gasteiger partial charge in [0.2, 0.25) is 0 Å². The van der Waals surface area contributed by atoms with E-state index < -0.39 is 17.1 Å². The van der Waals surface area contributed by atoms with E-state index in [2.05, 4.69) is 0 Å². The maximum atomic E-state index is 12.6. The van der Waals surface area contributed by atoms with Crippen LogP contribution in [0.2, 0.25) is 0 Å².